The minimum atomic E-state index is -2.59. The van der Waals surface area contributed by atoms with Crippen molar-refractivity contribution in [2.45, 2.75) is 38.8 Å². The normalized spacial score (nSPS) is 14.4. The maximum absolute atomic E-state index is 13.3. The number of urea groups is 1. The van der Waals surface area contributed by atoms with Crippen LogP contribution >= 0.6 is 0 Å². The SMILES string of the molecule is CCN(Cc1cc(-c2cn3ccnc3c(OC)n2)c(OC)cn1)C(=O)NC(C(F)F)C1CC1. The van der Waals surface area contributed by atoms with E-state index in [1.165, 1.54) is 19.1 Å². The zero-order chi connectivity index (χ0) is 23.5. The number of fused-ring (bicyclic) bond motifs is 1. The summed E-state index contributed by atoms with van der Waals surface area (Å²) in [5.74, 6) is 0.690. The number of aromatic nitrogens is 4. The fourth-order valence-corrected chi connectivity index (χ4v) is 3.70. The van der Waals surface area contributed by atoms with Gasteiger partial charge in [-0.1, -0.05) is 0 Å². The Morgan fingerprint density at radius 1 is 1.30 bits per heavy atom. The van der Waals surface area contributed by atoms with E-state index >= 15 is 0 Å². The number of nitrogens with zero attached hydrogens (tertiary/aromatic N) is 5. The van der Waals surface area contributed by atoms with E-state index in [0.29, 0.717) is 53.6 Å². The monoisotopic (exact) mass is 460 g/mol. The molecule has 1 atom stereocenters. The van der Waals surface area contributed by atoms with Crippen molar-refractivity contribution in [1.82, 2.24) is 29.6 Å². The van der Waals surface area contributed by atoms with Crippen LogP contribution in [0.2, 0.25) is 0 Å². The Labute approximate surface area is 189 Å². The van der Waals surface area contributed by atoms with E-state index in [0.717, 1.165) is 0 Å². The van der Waals surface area contributed by atoms with Crippen molar-refractivity contribution in [3.63, 3.8) is 0 Å². The summed E-state index contributed by atoms with van der Waals surface area (Å²) in [4.78, 5) is 27.3. The molecule has 33 heavy (non-hydrogen) atoms. The molecule has 11 heteroatoms. The van der Waals surface area contributed by atoms with Crippen molar-refractivity contribution in [3.8, 4) is 22.9 Å². The second-order valence-electron chi connectivity index (χ2n) is 7.83. The lowest BCUT2D eigenvalue weighted by molar-refractivity contribution is 0.0867. The van der Waals surface area contributed by atoms with E-state index < -0.39 is 18.5 Å². The first-order valence-corrected chi connectivity index (χ1v) is 10.7. The molecule has 1 aliphatic rings. The highest BCUT2D eigenvalue weighted by Crippen LogP contribution is 2.35. The van der Waals surface area contributed by atoms with Crippen molar-refractivity contribution in [3.05, 3.63) is 36.5 Å². The van der Waals surface area contributed by atoms with Crippen molar-refractivity contribution in [2.75, 3.05) is 20.8 Å². The number of amides is 2. The van der Waals surface area contributed by atoms with Gasteiger partial charge in [-0.05, 0) is 31.7 Å². The molecular weight excluding hydrogens is 434 g/mol. The van der Waals surface area contributed by atoms with Gasteiger partial charge in [0.25, 0.3) is 12.3 Å². The number of methoxy groups -OCH3 is 2. The molecule has 0 spiro atoms. The van der Waals surface area contributed by atoms with Crippen LogP contribution in [-0.4, -0.2) is 63.5 Å². The van der Waals surface area contributed by atoms with Crippen molar-refractivity contribution in [1.29, 1.82) is 0 Å². The molecule has 9 nitrogen and oxygen atoms in total. The molecule has 3 aromatic rings. The molecule has 4 rings (SSSR count). The molecule has 1 fully saturated rings. The van der Waals surface area contributed by atoms with E-state index in [4.69, 9.17) is 9.47 Å². The molecule has 1 unspecified atom stereocenters. The van der Waals surface area contributed by atoms with Crippen LogP contribution in [0, 0.1) is 5.92 Å². The zero-order valence-corrected chi connectivity index (χ0v) is 18.7. The smallest absolute Gasteiger partial charge is 0.318 e. The molecule has 0 radical (unpaired) electrons. The molecule has 1 N–H and O–H groups in total. The lowest BCUT2D eigenvalue weighted by Crippen LogP contribution is -2.48. The van der Waals surface area contributed by atoms with E-state index in [1.54, 1.807) is 42.2 Å². The molecule has 176 valence electrons. The molecule has 1 saturated carbocycles. The Morgan fingerprint density at radius 3 is 2.73 bits per heavy atom. The number of imidazole rings is 1. The first-order valence-electron chi connectivity index (χ1n) is 10.7. The van der Waals surface area contributed by atoms with Gasteiger partial charge in [0.2, 0.25) is 0 Å². The third-order valence-electron chi connectivity index (χ3n) is 5.67. The average Bonchev–Trinajstić information content (AvgIpc) is 3.55. The van der Waals surface area contributed by atoms with Crippen LogP contribution in [0.1, 0.15) is 25.5 Å². The topological polar surface area (TPSA) is 93.9 Å². The Morgan fingerprint density at radius 2 is 2.09 bits per heavy atom. The third-order valence-corrected chi connectivity index (χ3v) is 5.67. The summed E-state index contributed by atoms with van der Waals surface area (Å²) >= 11 is 0. The van der Waals surface area contributed by atoms with Gasteiger partial charge in [-0.3, -0.25) is 4.98 Å². The van der Waals surface area contributed by atoms with Crippen LogP contribution in [-0.2, 0) is 6.54 Å². The van der Waals surface area contributed by atoms with Crippen LogP contribution < -0.4 is 14.8 Å². The second-order valence-corrected chi connectivity index (χ2v) is 7.83. The summed E-state index contributed by atoms with van der Waals surface area (Å²) < 4.78 is 39.3. The summed E-state index contributed by atoms with van der Waals surface area (Å²) in [5, 5.41) is 2.50. The minimum absolute atomic E-state index is 0.143. The second kappa shape index (κ2) is 9.55. The van der Waals surface area contributed by atoms with Crippen LogP contribution in [0.25, 0.3) is 16.9 Å². The van der Waals surface area contributed by atoms with E-state index in [1.807, 2.05) is 0 Å². The molecule has 0 saturated heterocycles. The van der Waals surface area contributed by atoms with Crippen LogP contribution in [0.5, 0.6) is 11.6 Å². The quantitative estimate of drug-likeness (QED) is 0.526. The highest BCUT2D eigenvalue weighted by Gasteiger charge is 2.38. The van der Waals surface area contributed by atoms with Crippen molar-refractivity contribution < 1.29 is 23.0 Å². The lowest BCUT2D eigenvalue weighted by Gasteiger charge is -2.25. The number of nitrogens with one attached hydrogen (secondary N) is 1. The van der Waals surface area contributed by atoms with Crippen molar-refractivity contribution >= 4 is 11.7 Å². The fourth-order valence-electron chi connectivity index (χ4n) is 3.70. The molecule has 2 amide bonds. The number of rotatable bonds is 9. The Balaban J connectivity index is 1.60. The van der Waals surface area contributed by atoms with Gasteiger partial charge in [0.05, 0.1) is 44.4 Å². The zero-order valence-electron chi connectivity index (χ0n) is 18.7. The number of alkyl halides is 2. The number of hydrogen-bond donors (Lipinski definition) is 1. The maximum Gasteiger partial charge on any atom is 0.318 e. The highest BCUT2D eigenvalue weighted by molar-refractivity contribution is 5.75. The summed E-state index contributed by atoms with van der Waals surface area (Å²) in [7, 11) is 3.05. The summed E-state index contributed by atoms with van der Waals surface area (Å²) in [6.07, 6.45) is 5.59. The molecular formula is C22H26F2N6O3. The number of ether oxygens (including phenoxy) is 2. The van der Waals surface area contributed by atoms with Gasteiger partial charge in [0, 0.05) is 30.7 Å². The Bertz CT molecular complexity index is 1130. The van der Waals surface area contributed by atoms with Gasteiger partial charge in [0.1, 0.15) is 5.75 Å². The van der Waals surface area contributed by atoms with Gasteiger partial charge in [-0.15, -0.1) is 0 Å². The van der Waals surface area contributed by atoms with Crippen LogP contribution in [0.3, 0.4) is 0 Å². The van der Waals surface area contributed by atoms with E-state index in [9.17, 15) is 13.6 Å². The van der Waals surface area contributed by atoms with Gasteiger partial charge in [-0.25, -0.2) is 23.5 Å². The predicted octanol–water partition coefficient (Wildman–Crippen LogP) is 3.38. The highest BCUT2D eigenvalue weighted by atomic mass is 19.3. The predicted molar refractivity (Wildman–Crippen MR) is 116 cm³/mol. The van der Waals surface area contributed by atoms with Gasteiger partial charge >= 0.3 is 6.03 Å². The number of halogens is 2. The molecule has 0 aliphatic heterocycles. The first-order chi connectivity index (χ1) is 15.9. The van der Waals surface area contributed by atoms with Gasteiger partial charge < -0.3 is 24.1 Å². The standard InChI is InChI=1S/C22H26F2N6O3/c1-4-29(22(31)28-18(19(23)24)13-5-6-13)11-14-9-15(17(32-2)10-26-14)16-12-30-8-7-25-20(30)21(27-16)33-3/h7-10,12-13,18-19H,4-6,11H2,1-3H3,(H,28,31). The Kier molecular flexibility index (Phi) is 6.57. The van der Waals surface area contributed by atoms with Crippen LogP contribution in [0.4, 0.5) is 13.6 Å². The number of pyridine rings is 1. The summed E-state index contributed by atoms with van der Waals surface area (Å²) in [5.41, 5.74) is 2.36. The number of hydrogen-bond acceptors (Lipinski definition) is 6. The molecule has 3 heterocycles. The maximum atomic E-state index is 13.3. The van der Waals surface area contributed by atoms with E-state index in [2.05, 4.69) is 20.3 Å². The lowest BCUT2D eigenvalue weighted by atomic mass is 10.1. The Hall–Kier alpha value is -3.50. The molecule has 0 aromatic carbocycles. The number of carbonyl (C=O) groups is 1. The van der Waals surface area contributed by atoms with Gasteiger partial charge in [0.15, 0.2) is 5.65 Å². The third kappa shape index (κ3) is 4.81. The average molecular weight is 460 g/mol. The number of carbonyl (C=O) groups excluding carboxylic acids is 1. The largest absolute Gasteiger partial charge is 0.494 e. The van der Waals surface area contributed by atoms with Crippen molar-refractivity contribution in [2.24, 2.45) is 5.92 Å². The van der Waals surface area contributed by atoms with E-state index in [-0.39, 0.29) is 12.5 Å². The summed E-state index contributed by atoms with van der Waals surface area (Å²) in [6.45, 7) is 2.27. The molecule has 3 aromatic heterocycles. The van der Waals surface area contributed by atoms with Crippen LogP contribution in [0.15, 0.2) is 30.9 Å². The molecule has 1 aliphatic carbocycles. The summed E-state index contributed by atoms with van der Waals surface area (Å²) in [6, 6.07) is 0.114. The van der Waals surface area contributed by atoms with Gasteiger partial charge in [-0.2, -0.15) is 0 Å². The fraction of sp³-hybridized carbons (Fsp3) is 0.455. The first kappa shape index (κ1) is 22.7. The molecule has 0 bridgehead atoms. The minimum Gasteiger partial charge on any atom is -0.494 e.